The van der Waals surface area contributed by atoms with E-state index in [1.807, 2.05) is 13.8 Å². The molecule has 1 aromatic carbocycles. The quantitative estimate of drug-likeness (QED) is 0.686. The van der Waals surface area contributed by atoms with Crippen LogP contribution < -0.4 is 10.5 Å². The molecule has 1 rings (SSSR count). The maximum atomic E-state index is 13.8. The lowest BCUT2D eigenvalue weighted by molar-refractivity contribution is -0.133. The zero-order valence-electron chi connectivity index (χ0n) is 15.8. The van der Waals surface area contributed by atoms with Crippen LogP contribution in [0.15, 0.2) is 29.2 Å². The highest BCUT2D eigenvalue weighted by atomic mass is 35.5. The number of nitrogens with two attached hydrogens (primary N) is 1. The van der Waals surface area contributed by atoms with Crippen LogP contribution in [0.1, 0.15) is 27.7 Å². The molecule has 0 radical (unpaired) electrons. The molecule has 0 saturated heterocycles. The van der Waals surface area contributed by atoms with Crippen molar-refractivity contribution in [3.8, 4) is 0 Å². The van der Waals surface area contributed by atoms with Gasteiger partial charge in [-0.3, -0.25) is 4.79 Å². The van der Waals surface area contributed by atoms with Crippen LogP contribution in [0.25, 0.3) is 0 Å². The number of halogens is 2. The van der Waals surface area contributed by atoms with Gasteiger partial charge in [0.2, 0.25) is 15.9 Å². The third-order valence-corrected chi connectivity index (χ3v) is 5.41. The summed E-state index contributed by atoms with van der Waals surface area (Å²) in [6, 6.07) is 4.07. The van der Waals surface area contributed by atoms with Crippen molar-refractivity contribution in [1.82, 2.24) is 9.62 Å². The Morgan fingerprint density at radius 1 is 1.31 bits per heavy atom. The second-order valence-electron chi connectivity index (χ2n) is 7.34. The van der Waals surface area contributed by atoms with Crippen LogP contribution in [0, 0.1) is 17.2 Å². The highest BCUT2D eigenvalue weighted by Gasteiger charge is 2.33. The van der Waals surface area contributed by atoms with Gasteiger partial charge in [0.25, 0.3) is 0 Å². The van der Waals surface area contributed by atoms with Crippen molar-refractivity contribution in [1.29, 1.82) is 0 Å². The lowest BCUT2D eigenvalue weighted by Crippen LogP contribution is -2.52. The zero-order valence-corrected chi connectivity index (χ0v) is 17.5. The van der Waals surface area contributed by atoms with Crippen LogP contribution in [0.3, 0.4) is 0 Å². The summed E-state index contributed by atoms with van der Waals surface area (Å²) in [5.74, 6) is -1.54. The fraction of sp³-hybridized carbons (Fsp3) is 0.588. The number of carbonyl (C=O) groups excluding carboxylic acids is 1. The smallest absolute Gasteiger partial charge is 0.244 e. The minimum Gasteiger partial charge on any atom is -0.344 e. The first-order valence-electron chi connectivity index (χ1n) is 8.13. The van der Waals surface area contributed by atoms with Gasteiger partial charge in [-0.1, -0.05) is 39.8 Å². The van der Waals surface area contributed by atoms with Gasteiger partial charge in [0.1, 0.15) is 16.8 Å². The minimum absolute atomic E-state index is 0. The standard InChI is InChI=1S/C17H28FN3O3S.ClH/c1-12(2)15(16(22)21(5)11-17(3,4)10-19)20-25(23,24)14-9-7-6-8-13(14)18;/h6-9,12,15,20H,10-11,19H2,1-5H3;1H. The van der Waals surface area contributed by atoms with Gasteiger partial charge in [-0.15, -0.1) is 12.4 Å². The molecule has 0 fully saturated rings. The molecule has 0 aliphatic carbocycles. The molecular weight excluding hydrogens is 381 g/mol. The molecule has 1 amide bonds. The number of sulfonamides is 1. The van der Waals surface area contributed by atoms with Gasteiger partial charge in [-0.2, -0.15) is 4.72 Å². The van der Waals surface area contributed by atoms with E-state index in [0.29, 0.717) is 13.1 Å². The Morgan fingerprint density at radius 3 is 2.31 bits per heavy atom. The number of likely N-dealkylation sites (N-methyl/N-ethyl adjacent to an activating group) is 1. The number of hydrogen-bond acceptors (Lipinski definition) is 4. The molecule has 0 aromatic heterocycles. The summed E-state index contributed by atoms with van der Waals surface area (Å²) in [5, 5.41) is 0. The summed E-state index contributed by atoms with van der Waals surface area (Å²) in [6.07, 6.45) is 0. The molecule has 0 saturated carbocycles. The molecule has 6 nitrogen and oxygen atoms in total. The van der Waals surface area contributed by atoms with E-state index in [1.165, 1.54) is 23.1 Å². The highest BCUT2D eigenvalue weighted by molar-refractivity contribution is 7.89. The fourth-order valence-electron chi connectivity index (χ4n) is 2.39. The molecule has 1 atom stereocenters. The van der Waals surface area contributed by atoms with E-state index in [4.69, 9.17) is 5.73 Å². The van der Waals surface area contributed by atoms with Crippen LogP contribution in [0.2, 0.25) is 0 Å². The first-order chi connectivity index (χ1) is 11.4. The van der Waals surface area contributed by atoms with E-state index in [0.717, 1.165) is 6.07 Å². The Hall–Kier alpha value is -1.22. The molecule has 150 valence electrons. The van der Waals surface area contributed by atoms with Gasteiger partial charge in [0.15, 0.2) is 0 Å². The summed E-state index contributed by atoms with van der Waals surface area (Å²) in [5.41, 5.74) is 5.40. The molecule has 3 N–H and O–H groups in total. The maximum Gasteiger partial charge on any atom is 0.244 e. The summed E-state index contributed by atoms with van der Waals surface area (Å²) >= 11 is 0. The number of benzene rings is 1. The number of amides is 1. The molecule has 9 heteroatoms. The number of nitrogens with zero attached hydrogens (tertiary/aromatic N) is 1. The van der Waals surface area contributed by atoms with Crippen molar-refractivity contribution in [2.45, 2.75) is 38.6 Å². The van der Waals surface area contributed by atoms with E-state index in [2.05, 4.69) is 4.72 Å². The number of hydrogen-bond donors (Lipinski definition) is 2. The molecule has 26 heavy (non-hydrogen) atoms. The Balaban J connectivity index is 0.00000625. The first-order valence-corrected chi connectivity index (χ1v) is 9.61. The predicted molar refractivity (Wildman–Crippen MR) is 103 cm³/mol. The van der Waals surface area contributed by atoms with Crippen LogP contribution in [-0.4, -0.2) is 45.4 Å². The van der Waals surface area contributed by atoms with Gasteiger partial charge < -0.3 is 10.6 Å². The Labute approximate surface area is 161 Å². The molecule has 0 bridgehead atoms. The summed E-state index contributed by atoms with van der Waals surface area (Å²) in [4.78, 5) is 13.7. The van der Waals surface area contributed by atoms with Crippen LogP contribution in [0.4, 0.5) is 4.39 Å². The number of carbonyl (C=O) groups is 1. The summed E-state index contributed by atoms with van der Waals surface area (Å²) in [6.45, 7) is 8.07. The van der Waals surface area contributed by atoms with Crippen molar-refractivity contribution < 1.29 is 17.6 Å². The second-order valence-corrected chi connectivity index (χ2v) is 9.02. The molecule has 0 spiro atoms. The zero-order chi connectivity index (χ0) is 19.4. The maximum absolute atomic E-state index is 13.8. The fourth-order valence-corrected chi connectivity index (χ4v) is 3.80. The lowest BCUT2D eigenvalue weighted by Gasteiger charge is -2.32. The Bertz CT molecular complexity index is 711. The van der Waals surface area contributed by atoms with E-state index in [1.54, 1.807) is 20.9 Å². The van der Waals surface area contributed by atoms with E-state index < -0.39 is 26.8 Å². The molecule has 1 aromatic rings. The van der Waals surface area contributed by atoms with Crippen molar-refractivity contribution in [2.24, 2.45) is 17.1 Å². The van der Waals surface area contributed by atoms with Crippen molar-refractivity contribution in [3.63, 3.8) is 0 Å². The lowest BCUT2D eigenvalue weighted by atomic mass is 9.92. The van der Waals surface area contributed by atoms with Crippen LogP contribution in [-0.2, 0) is 14.8 Å². The molecule has 1 unspecified atom stereocenters. The molecule has 0 heterocycles. The monoisotopic (exact) mass is 409 g/mol. The summed E-state index contributed by atoms with van der Waals surface area (Å²) in [7, 11) is -2.56. The average Bonchev–Trinajstić information content (AvgIpc) is 2.51. The topological polar surface area (TPSA) is 92.5 Å². The van der Waals surface area contributed by atoms with Gasteiger partial charge in [0.05, 0.1) is 0 Å². The minimum atomic E-state index is -4.16. The van der Waals surface area contributed by atoms with E-state index >= 15 is 0 Å². The van der Waals surface area contributed by atoms with Gasteiger partial charge >= 0.3 is 0 Å². The van der Waals surface area contributed by atoms with E-state index in [9.17, 15) is 17.6 Å². The van der Waals surface area contributed by atoms with Crippen molar-refractivity contribution in [2.75, 3.05) is 20.1 Å². The SMILES string of the molecule is CC(C)C(NS(=O)(=O)c1ccccc1F)C(=O)N(C)CC(C)(C)CN.Cl. The van der Waals surface area contributed by atoms with Crippen molar-refractivity contribution in [3.05, 3.63) is 30.1 Å². The normalized spacial score (nSPS) is 13.2. The first kappa shape index (κ1) is 24.8. The predicted octanol–water partition coefficient (Wildman–Crippen LogP) is 1.99. The third-order valence-electron chi connectivity index (χ3n) is 3.94. The third kappa shape index (κ3) is 6.50. The highest BCUT2D eigenvalue weighted by Crippen LogP contribution is 2.18. The molecular formula is C17H29ClFN3O3S. The second kappa shape index (κ2) is 9.64. The van der Waals surface area contributed by atoms with Crippen molar-refractivity contribution >= 4 is 28.3 Å². The number of rotatable bonds is 8. The molecule has 0 aliphatic rings. The number of nitrogens with one attached hydrogen (secondary N) is 1. The largest absolute Gasteiger partial charge is 0.344 e. The Kier molecular flexibility index (Phi) is 9.19. The van der Waals surface area contributed by atoms with Gasteiger partial charge in [0, 0.05) is 13.6 Å². The van der Waals surface area contributed by atoms with Crippen LogP contribution in [0.5, 0.6) is 0 Å². The average molecular weight is 410 g/mol. The van der Waals surface area contributed by atoms with Crippen LogP contribution >= 0.6 is 12.4 Å². The van der Waals surface area contributed by atoms with Gasteiger partial charge in [-0.25, -0.2) is 12.8 Å². The summed E-state index contributed by atoms with van der Waals surface area (Å²) < 4.78 is 41.2. The molecule has 0 aliphatic heterocycles. The Morgan fingerprint density at radius 2 is 1.85 bits per heavy atom. The van der Waals surface area contributed by atoms with E-state index in [-0.39, 0.29) is 29.6 Å². The van der Waals surface area contributed by atoms with Gasteiger partial charge in [-0.05, 0) is 30.0 Å².